The van der Waals surface area contributed by atoms with Gasteiger partial charge in [0.25, 0.3) is 11.1 Å². The summed E-state index contributed by atoms with van der Waals surface area (Å²) in [7, 11) is 0. The predicted octanol–water partition coefficient (Wildman–Crippen LogP) is 5.28. The van der Waals surface area contributed by atoms with Crippen molar-refractivity contribution in [2.24, 2.45) is 0 Å². The number of hydrogen-bond donors (Lipinski definition) is 1. The van der Waals surface area contributed by atoms with E-state index in [0.29, 0.717) is 27.5 Å². The molecule has 0 fully saturated rings. The van der Waals surface area contributed by atoms with Gasteiger partial charge in [0, 0.05) is 27.2 Å². The van der Waals surface area contributed by atoms with E-state index in [1.165, 1.54) is 11.8 Å². The van der Waals surface area contributed by atoms with Gasteiger partial charge >= 0.3 is 0 Å². The summed E-state index contributed by atoms with van der Waals surface area (Å²) < 4.78 is 5.80. The van der Waals surface area contributed by atoms with E-state index in [9.17, 15) is 4.79 Å². The Morgan fingerprint density at radius 2 is 2.00 bits per heavy atom. The van der Waals surface area contributed by atoms with E-state index in [0.717, 1.165) is 34.0 Å². The van der Waals surface area contributed by atoms with Crippen LogP contribution in [0.3, 0.4) is 0 Å². The third-order valence-corrected chi connectivity index (χ3v) is 5.24. The standard InChI is InChI=1S/C19H14ClN3O2S/c1-11-15-8-14(20)6-7-16(15)21-17(11)18-22-23-19(25-18)26-10-13-4-2-12(9-24)3-5-13/h2-9,21H,10H2,1H3. The number of carbonyl (C=O) groups is 1. The van der Waals surface area contributed by atoms with Gasteiger partial charge in [-0.15, -0.1) is 10.2 Å². The van der Waals surface area contributed by atoms with Gasteiger partial charge in [-0.25, -0.2) is 0 Å². The summed E-state index contributed by atoms with van der Waals surface area (Å²) in [6.45, 7) is 2.00. The quantitative estimate of drug-likeness (QED) is 0.374. The maximum Gasteiger partial charge on any atom is 0.277 e. The van der Waals surface area contributed by atoms with Gasteiger partial charge in [0.2, 0.25) is 0 Å². The number of aryl methyl sites for hydroxylation is 1. The van der Waals surface area contributed by atoms with E-state index in [1.54, 1.807) is 12.1 Å². The highest BCUT2D eigenvalue weighted by atomic mass is 35.5. The zero-order valence-electron chi connectivity index (χ0n) is 13.8. The predicted molar refractivity (Wildman–Crippen MR) is 103 cm³/mol. The zero-order valence-corrected chi connectivity index (χ0v) is 15.4. The molecule has 26 heavy (non-hydrogen) atoms. The van der Waals surface area contributed by atoms with Crippen LogP contribution < -0.4 is 0 Å². The average molecular weight is 384 g/mol. The first kappa shape index (κ1) is 16.9. The molecule has 2 aromatic heterocycles. The van der Waals surface area contributed by atoms with Gasteiger partial charge < -0.3 is 9.40 Å². The molecule has 0 aliphatic carbocycles. The number of aromatic amines is 1. The molecule has 1 N–H and O–H groups in total. The van der Waals surface area contributed by atoms with Crippen LogP contribution in [0, 0.1) is 6.92 Å². The summed E-state index contributed by atoms with van der Waals surface area (Å²) in [6, 6.07) is 13.1. The van der Waals surface area contributed by atoms with Crippen molar-refractivity contribution < 1.29 is 9.21 Å². The number of carbonyl (C=O) groups excluding carboxylic acids is 1. The van der Waals surface area contributed by atoms with Gasteiger partial charge in [-0.2, -0.15) is 0 Å². The van der Waals surface area contributed by atoms with Gasteiger partial charge in [0.05, 0.1) is 0 Å². The lowest BCUT2D eigenvalue weighted by Crippen LogP contribution is -1.83. The van der Waals surface area contributed by atoms with Gasteiger partial charge in [-0.05, 0) is 36.2 Å². The number of fused-ring (bicyclic) bond motifs is 1. The second kappa shape index (κ2) is 6.97. The van der Waals surface area contributed by atoms with Gasteiger partial charge in [0.15, 0.2) is 0 Å². The van der Waals surface area contributed by atoms with Crippen LogP contribution in [0.2, 0.25) is 5.02 Å². The summed E-state index contributed by atoms with van der Waals surface area (Å²) in [5.41, 5.74) is 4.54. The Labute approximate surface area is 158 Å². The molecule has 0 aliphatic heterocycles. The maximum atomic E-state index is 10.7. The van der Waals surface area contributed by atoms with E-state index in [1.807, 2.05) is 37.3 Å². The molecule has 0 saturated carbocycles. The molecule has 2 heterocycles. The topological polar surface area (TPSA) is 71.8 Å². The molecule has 130 valence electrons. The van der Waals surface area contributed by atoms with Crippen molar-refractivity contribution >= 4 is 40.6 Å². The van der Waals surface area contributed by atoms with Crippen LogP contribution in [0.1, 0.15) is 21.5 Å². The lowest BCUT2D eigenvalue weighted by atomic mass is 10.1. The van der Waals surface area contributed by atoms with Crippen LogP contribution in [0.15, 0.2) is 52.1 Å². The molecule has 0 unspecified atom stereocenters. The van der Waals surface area contributed by atoms with Crippen LogP contribution in [0.25, 0.3) is 22.5 Å². The monoisotopic (exact) mass is 383 g/mol. The Morgan fingerprint density at radius 1 is 1.19 bits per heavy atom. The summed E-state index contributed by atoms with van der Waals surface area (Å²) in [4.78, 5) is 14.0. The number of halogens is 1. The molecular formula is C19H14ClN3O2S. The van der Waals surface area contributed by atoms with Crippen LogP contribution in [0.5, 0.6) is 0 Å². The SMILES string of the molecule is Cc1c(-c2nnc(SCc3ccc(C=O)cc3)o2)[nH]c2ccc(Cl)cc12. The number of nitrogens with one attached hydrogen (secondary N) is 1. The Balaban J connectivity index is 1.54. The Bertz CT molecular complexity index is 1090. The first-order chi connectivity index (χ1) is 12.6. The molecule has 0 radical (unpaired) electrons. The summed E-state index contributed by atoms with van der Waals surface area (Å²) >= 11 is 7.53. The summed E-state index contributed by atoms with van der Waals surface area (Å²) in [5, 5.41) is 10.5. The van der Waals surface area contributed by atoms with Crippen molar-refractivity contribution in [1.29, 1.82) is 0 Å². The number of aldehydes is 1. The third-order valence-electron chi connectivity index (χ3n) is 4.12. The largest absolute Gasteiger partial charge is 0.410 e. The number of benzene rings is 2. The molecule has 0 atom stereocenters. The maximum absolute atomic E-state index is 10.7. The van der Waals surface area contributed by atoms with Gasteiger partial charge in [0.1, 0.15) is 12.0 Å². The highest BCUT2D eigenvalue weighted by Crippen LogP contribution is 2.32. The lowest BCUT2D eigenvalue weighted by molar-refractivity contribution is 0.112. The first-order valence-corrected chi connectivity index (χ1v) is 9.29. The van der Waals surface area contributed by atoms with Crippen molar-refractivity contribution in [3.63, 3.8) is 0 Å². The van der Waals surface area contributed by atoms with Crippen molar-refractivity contribution in [3.05, 3.63) is 64.2 Å². The molecule has 4 rings (SSSR count). The highest BCUT2D eigenvalue weighted by molar-refractivity contribution is 7.98. The Morgan fingerprint density at radius 3 is 2.77 bits per heavy atom. The number of aromatic nitrogens is 3. The van der Waals surface area contributed by atoms with E-state index >= 15 is 0 Å². The summed E-state index contributed by atoms with van der Waals surface area (Å²) in [5.74, 6) is 1.14. The minimum atomic E-state index is 0.452. The average Bonchev–Trinajstić information content (AvgIpc) is 3.25. The first-order valence-electron chi connectivity index (χ1n) is 7.92. The van der Waals surface area contributed by atoms with Crippen molar-refractivity contribution in [2.45, 2.75) is 17.9 Å². The second-order valence-corrected chi connectivity index (χ2v) is 7.20. The molecule has 7 heteroatoms. The minimum Gasteiger partial charge on any atom is -0.410 e. The van der Waals surface area contributed by atoms with Crippen molar-refractivity contribution in [3.8, 4) is 11.6 Å². The highest BCUT2D eigenvalue weighted by Gasteiger charge is 2.16. The third kappa shape index (κ3) is 3.25. The fraction of sp³-hybridized carbons (Fsp3) is 0.105. The van der Waals surface area contributed by atoms with Crippen molar-refractivity contribution in [1.82, 2.24) is 15.2 Å². The fourth-order valence-electron chi connectivity index (χ4n) is 2.72. The van der Waals surface area contributed by atoms with E-state index < -0.39 is 0 Å². The van der Waals surface area contributed by atoms with Crippen LogP contribution >= 0.6 is 23.4 Å². The number of rotatable bonds is 5. The molecule has 0 amide bonds. The molecule has 5 nitrogen and oxygen atoms in total. The van der Waals surface area contributed by atoms with Gasteiger partial charge in [-0.3, -0.25) is 4.79 Å². The normalized spacial score (nSPS) is 11.2. The van der Waals surface area contributed by atoms with E-state index in [-0.39, 0.29) is 0 Å². The van der Waals surface area contributed by atoms with Crippen LogP contribution in [-0.4, -0.2) is 21.5 Å². The molecule has 0 aliphatic rings. The molecular weight excluding hydrogens is 370 g/mol. The number of thioether (sulfide) groups is 1. The number of H-pyrrole nitrogens is 1. The Kier molecular flexibility index (Phi) is 4.53. The Hall–Kier alpha value is -2.57. The van der Waals surface area contributed by atoms with Crippen LogP contribution in [-0.2, 0) is 5.75 Å². The molecule has 0 saturated heterocycles. The number of nitrogens with zero attached hydrogens (tertiary/aromatic N) is 2. The zero-order chi connectivity index (χ0) is 18.1. The minimum absolute atomic E-state index is 0.452. The molecule has 0 spiro atoms. The van der Waals surface area contributed by atoms with Crippen molar-refractivity contribution in [2.75, 3.05) is 0 Å². The van der Waals surface area contributed by atoms with E-state index in [2.05, 4.69) is 15.2 Å². The second-order valence-electron chi connectivity index (χ2n) is 5.84. The molecule has 0 bridgehead atoms. The smallest absolute Gasteiger partial charge is 0.277 e. The van der Waals surface area contributed by atoms with E-state index in [4.69, 9.17) is 16.0 Å². The molecule has 4 aromatic rings. The van der Waals surface area contributed by atoms with Gasteiger partial charge in [-0.1, -0.05) is 47.6 Å². The summed E-state index contributed by atoms with van der Waals surface area (Å²) in [6.07, 6.45) is 0.830. The lowest BCUT2D eigenvalue weighted by Gasteiger charge is -1.98. The fourth-order valence-corrected chi connectivity index (χ4v) is 3.61. The number of hydrogen-bond acceptors (Lipinski definition) is 5. The van der Waals surface area contributed by atoms with Crippen LogP contribution in [0.4, 0.5) is 0 Å². The molecule has 2 aromatic carbocycles.